The number of benzene rings is 1. The number of tetrazole rings is 1. The molecule has 0 aliphatic carbocycles. The van der Waals surface area contributed by atoms with Crippen LogP contribution in [0.5, 0.6) is 0 Å². The summed E-state index contributed by atoms with van der Waals surface area (Å²) in [6.45, 7) is 0. The summed E-state index contributed by atoms with van der Waals surface area (Å²) < 4.78 is 3.59. The SMILES string of the molecule is c1ccc2c(c1)c1nccn1c1nnnn21. The molecule has 0 saturated heterocycles. The second-order valence-corrected chi connectivity index (χ2v) is 3.53. The van der Waals surface area contributed by atoms with E-state index in [1.54, 1.807) is 10.7 Å². The highest BCUT2D eigenvalue weighted by Gasteiger charge is 2.10. The van der Waals surface area contributed by atoms with E-state index in [1.165, 1.54) is 0 Å². The lowest BCUT2D eigenvalue weighted by molar-refractivity contribution is 0.840. The molecule has 16 heavy (non-hydrogen) atoms. The van der Waals surface area contributed by atoms with E-state index in [9.17, 15) is 0 Å². The maximum absolute atomic E-state index is 4.33. The van der Waals surface area contributed by atoms with Crippen LogP contribution in [0.25, 0.3) is 22.3 Å². The highest BCUT2D eigenvalue weighted by atomic mass is 15.5. The lowest BCUT2D eigenvalue weighted by atomic mass is 10.2. The van der Waals surface area contributed by atoms with Gasteiger partial charge in [0.05, 0.1) is 5.52 Å². The number of para-hydroxylation sites is 1. The van der Waals surface area contributed by atoms with E-state index >= 15 is 0 Å². The molecule has 4 aromatic rings. The first-order valence-corrected chi connectivity index (χ1v) is 4.87. The van der Waals surface area contributed by atoms with Gasteiger partial charge in [0.2, 0.25) is 0 Å². The molecule has 0 spiro atoms. The predicted molar refractivity (Wildman–Crippen MR) is 57.0 cm³/mol. The quantitative estimate of drug-likeness (QED) is 0.433. The summed E-state index contributed by atoms with van der Waals surface area (Å²) in [7, 11) is 0. The molecule has 76 valence electrons. The maximum Gasteiger partial charge on any atom is 0.260 e. The zero-order valence-electron chi connectivity index (χ0n) is 8.15. The van der Waals surface area contributed by atoms with Crippen LogP contribution < -0.4 is 0 Å². The first-order chi connectivity index (χ1) is 7.95. The van der Waals surface area contributed by atoms with E-state index < -0.39 is 0 Å². The minimum absolute atomic E-state index is 0.672. The topological polar surface area (TPSA) is 60.4 Å². The standard InChI is InChI=1S/C10H6N6/c1-2-4-8-7(3-1)9-11-5-6-15(9)10-12-13-14-16(8)10/h1-6H. The number of aromatic nitrogens is 6. The Morgan fingerprint density at radius 3 is 3.06 bits per heavy atom. The first kappa shape index (κ1) is 7.75. The lowest BCUT2D eigenvalue weighted by Gasteiger charge is -2.02. The van der Waals surface area contributed by atoms with Crippen molar-refractivity contribution in [3.8, 4) is 0 Å². The molecule has 0 radical (unpaired) electrons. The van der Waals surface area contributed by atoms with Crippen molar-refractivity contribution in [3.05, 3.63) is 36.7 Å². The molecule has 6 nitrogen and oxygen atoms in total. The highest BCUT2D eigenvalue weighted by Crippen LogP contribution is 2.19. The Morgan fingerprint density at radius 2 is 2.06 bits per heavy atom. The Labute approximate surface area is 89.1 Å². The van der Waals surface area contributed by atoms with E-state index in [-0.39, 0.29) is 0 Å². The van der Waals surface area contributed by atoms with Crippen LogP contribution in [0.3, 0.4) is 0 Å². The van der Waals surface area contributed by atoms with Gasteiger partial charge in [-0.3, -0.25) is 4.40 Å². The summed E-state index contributed by atoms with van der Waals surface area (Å²) in [5, 5.41) is 12.7. The monoisotopic (exact) mass is 210 g/mol. The summed E-state index contributed by atoms with van der Waals surface area (Å²) in [5.74, 6) is 0.672. The van der Waals surface area contributed by atoms with E-state index in [0.717, 1.165) is 16.6 Å². The second-order valence-electron chi connectivity index (χ2n) is 3.53. The van der Waals surface area contributed by atoms with E-state index in [1.807, 2.05) is 34.9 Å². The number of imidazole rings is 1. The summed E-state index contributed by atoms with van der Waals surface area (Å²) in [6.07, 6.45) is 3.60. The zero-order chi connectivity index (χ0) is 10.5. The Morgan fingerprint density at radius 1 is 1.12 bits per heavy atom. The number of hydrogen-bond donors (Lipinski definition) is 0. The molecule has 0 bridgehead atoms. The molecule has 3 heterocycles. The van der Waals surface area contributed by atoms with E-state index in [2.05, 4.69) is 20.5 Å². The van der Waals surface area contributed by atoms with Crippen molar-refractivity contribution in [2.45, 2.75) is 0 Å². The number of hydrogen-bond acceptors (Lipinski definition) is 4. The molecule has 0 N–H and O–H groups in total. The Kier molecular flexibility index (Phi) is 1.23. The number of nitrogens with zero attached hydrogens (tertiary/aromatic N) is 6. The van der Waals surface area contributed by atoms with Crippen molar-refractivity contribution in [1.29, 1.82) is 0 Å². The van der Waals surface area contributed by atoms with Crippen molar-refractivity contribution in [1.82, 2.24) is 29.4 Å². The predicted octanol–water partition coefficient (Wildman–Crippen LogP) is 0.925. The van der Waals surface area contributed by atoms with Crippen molar-refractivity contribution >= 4 is 22.3 Å². The molecule has 0 aliphatic rings. The van der Waals surface area contributed by atoms with Gasteiger partial charge in [0.25, 0.3) is 5.78 Å². The maximum atomic E-state index is 4.33. The van der Waals surface area contributed by atoms with Crippen molar-refractivity contribution in [3.63, 3.8) is 0 Å². The molecular weight excluding hydrogens is 204 g/mol. The van der Waals surface area contributed by atoms with E-state index in [4.69, 9.17) is 0 Å². The van der Waals surface area contributed by atoms with Gasteiger partial charge in [0, 0.05) is 17.8 Å². The van der Waals surface area contributed by atoms with Gasteiger partial charge in [-0.05, 0) is 22.6 Å². The van der Waals surface area contributed by atoms with Crippen LogP contribution in [0, 0.1) is 0 Å². The third-order valence-corrected chi connectivity index (χ3v) is 2.68. The molecule has 6 heteroatoms. The average molecular weight is 210 g/mol. The smallest absolute Gasteiger partial charge is 0.260 e. The van der Waals surface area contributed by atoms with Crippen LogP contribution in [0.4, 0.5) is 0 Å². The minimum Gasteiger partial charge on any atom is -0.266 e. The molecule has 4 rings (SSSR count). The Balaban J connectivity index is 2.51. The van der Waals surface area contributed by atoms with Crippen LogP contribution in [0.15, 0.2) is 36.7 Å². The molecule has 0 saturated carbocycles. The largest absolute Gasteiger partial charge is 0.266 e. The van der Waals surface area contributed by atoms with Gasteiger partial charge in [-0.2, -0.15) is 4.52 Å². The molecular formula is C10H6N6. The van der Waals surface area contributed by atoms with Gasteiger partial charge in [0.1, 0.15) is 5.65 Å². The Hall–Kier alpha value is -2.50. The van der Waals surface area contributed by atoms with Crippen LogP contribution in [-0.4, -0.2) is 29.4 Å². The van der Waals surface area contributed by atoms with Crippen LogP contribution >= 0.6 is 0 Å². The summed E-state index contributed by atoms with van der Waals surface area (Å²) >= 11 is 0. The zero-order valence-corrected chi connectivity index (χ0v) is 8.15. The van der Waals surface area contributed by atoms with Gasteiger partial charge >= 0.3 is 0 Å². The fourth-order valence-electron chi connectivity index (χ4n) is 2.00. The van der Waals surface area contributed by atoms with E-state index in [0.29, 0.717) is 5.78 Å². The summed E-state index contributed by atoms with van der Waals surface area (Å²) in [5.41, 5.74) is 1.83. The number of rotatable bonds is 0. The van der Waals surface area contributed by atoms with Gasteiger partial charge in [0.15, 0.2) is 0 Å². The number of fused-ring (bicyclic) bond motifs is 6. The van der Waals surface area contributed by atoms with Gasteiger partial charge in [-0.15, -0.1) is 0 Å². The summed E-state index contributed by atoms with van der Waals surface area (Å²) in [4.78, 5) is 4.33. The summed E-state index contributed by atoms with van der Waals surface area (Å²) in [6, 6.07) is 7.93. The minimum atomic E-state index is 0.672. The van der Waals surface area contributed by atoms with Crippen molar-refractivity contribution < 1.29 is 0 Å². The Bertz CT molecular complexity index is 743. The normalized spacial score (nSPS) is 11.8. The third-order valence-electron chi connectivity index (χ3n) is 2.68. The second kappa shape index (κ2) is 2.54. The third kappa shape index (κ3) is 0.773. The van der Waals surface area contributed by atoms with Gasteiger partial charge < -0.3 is 0 Å². The van der Waals surface area contributed by atoms with Crippen LogP contribution in [0.1, 0.15) is 0 Å². The average Bonchev–Trinajstić information content (AvgIpc) is 2.98. The van der Waals surface area contributed by atoms with Crippen LogP contribution in [0.2, 0.25) is 0 Å². The molecule has 0 atom stereocenters. The van der Waals surface area contributed by atoms with Crippen molar-refractivity contribution in [2.75, 3.05) is 0 Å². The highest BCUT2D eigenvalue weighted by molar-refractivity contribution is 5.93. The fourth-order valence-corrected chi connectivity index (χ4v) is 2.00. The van der Waals surface area contributed by atoms with Crippen molar-refractivity contribution in [2.24, 2.45) is 0 Å². The molecule has 0 fully saturated rings. The molecule has 0 amide bonds. The molecule has 0 aliphatic heterocycles. The van der Waals surface area contributed by atoms with Gasteiger partial charge in [-0.1, -0.05) is 17.2 Å². The molecule has 3 aromatic heterocycles. The first-order valence-electron chi connectivity index (χ1n) is 4.87. The fraction of sp³-hybridized carbons (Fsp3) is 0. The molecule has 1 aromatic carbocycles. The lowest BCUT2D eigenvalue weighted by Crippen LogP contribution is -1.98. The van der Waals surface area contributed by atoms with Gasteiger partial charge in [-0.25, -0.2) is 4.98 Å². The van der Waals surface area contributed by atoms with Crippen LogP contribution in [-0.2, 0) is 0 Å². The molecule has 0 unspecified atom stereocenters.